The fraction of sp³-hybridized carbons (Fsp3) is 0.538. The second-order valence-corrected chi connectivity index (χ2v) is 5.35. The molecule has 0 amide bonds. The van der Waals surface area contributed by atoms with Crippen molar-refractivity contribution in [2.24, 2.45) is 0 Å². The zero-order valence-electron chi connectivity index (χ0n) is 10.4. The molecule has 5 heteroatoms. The summed E-state index contributed by atoms with van der Waals surface area (Å²) in [5, 5.41) is 0. The molecule has 2 heterocycles. The van der Waals surface area contributed by atoms with Crippen LogP contribution in [0, 0.1) is 0 Å². The molecular weight excluding hydrogens is 298 g/mol. The number of carbonyl (C=O) groups is 1. The van der Waals surface area contributed by atoms with Crippen LogP contribution in [0.2, 0.25) is 0 Å². The molecule has 1 aliphatic rings. The van der Waals surface area contributed by atoms with E-state index in [4.69, 9.17) is 9.47 Å². The van der Waals surface area contributed by atoms with Crippen LogP contribution in [0.4, 0.5) is 0 Å². The van der Waals surface area contributed by atoms with Crippen LogP contribution in [0.5, 0.6) is 0 Å². The maximum atomic E-state index is 12.0. The molecule has 1 fully saturated rings. The van der Waals surface area contributed by atoms with Crippen molar-refractivity contribution >= 4 is 21.9 Å². The van der Waals surface area contributed by atoms with E-state index in [0.717, 1.165) is 12.8 Å². The van der Waals surface area contributed by atoms with Gasteiger partial charge in [-0.05, 0) is 41.9 Å². The summed E-state index contributed by atoms with van der Waals surface area (Å²) in [6.07, 6.45) is 3.29. The van der Waals surface area contributed by atoms with Gasteiger partial charge in [-0.2, -0.15) is 0 Å². The lowest BCUT2D eigenvalue weighted by atomic mass is 10.0. The molecule has 2 atom stereocenters. The summed E-state index contributed by atoms with van der Waals surface area (Å²) in [6.45, 7) is 3.99. The van der Waals surface area contributed by atoms with Crippen LogP contribution < -0.4 is 0 Å². The number of rotatable bonds is 2. The normalized spacial score (nSPS) is 27.8. The summed E-state index contributed by atoms with van der Waals surface area (Å²) < 4.78 is 11.6. The van der Waals surface area contributed by atoms with Crippen molar-refractivity contribution < 1.29 is 14.3 Å². The summed E-state index contributed by atoms with van der Waals surface area (Å²) in [5.41, 5.74) is 0.462. The summed E-state index contributed by atoms with van der Waals surface area (Å²) in [7, 11) is 0. The third-order valence-corrected chi connectivity index (χ3v) is 3.54. The molecule has 1 saturated heterocycles. The molecule has 2 unspecified atom stereocenters. The summed E-state index contributed by atoms with van der Waals surface area (Å²) in [5.74, 6) is -0.332. The maximum Gasteiger partial charge on any atom is 0.341 e. The highest BCUT2D eigenvalue weighted by molar-refractivity contribution is 9.10. The molecule has 0 saturated carbocycles. The van der Waals surface area contributed by atoms with Crippen LogP contribution in [-0.2, 0) is 9.47 Å². The van der Waals surface area contributed by atoms with Gasteiger partial charge in [0.25, 0.3) is 0 Å². The molecule has 2 rings (SSSR count). The Bertz CT molecular complexity index is 428. The number of halogens is 1. The first-order valence-corrected chi connectivity index (χ1v) is 6.82. The Morgan fingerprint density at radius 3 is 2.72 bits per heavy atom. The van der Waals surface area contributed by atoms with Crippen molar-refractivity contribution in [1.29, 1.82) is 0 Å². The number of carbonyl (C=O) groups excluding carboxylic acids is 1. The predicted molar refractivity (Wildman–Crippen MR) is 70.4 cm³/mol. The van der Waals surface area contributed by atoms with Crippen LogP contribution >= 0.6 is 15.9 Å². The molecule has 0 aromatic carbocycles. The van der Waals surface area contributed by atoms with Gasteiger partial charge in [-0.15, -0.1) is 0 Å². The van der Waals surface area contributed by atoms with Gasteiger partial charge < -0.3 is 9.47 Å². The standard InChI is InChI=1S/C13H16BrNO3/c1-8-6-10(7-9(2)17-8)18-13(16)11-4-3-5-15-12(11)14/h3-5,8-10H,6-7H2,1-2H3. The van der Waals surface area contributed by atoms with Crippen LogP contribution in [0.1, 0.15) is 37.0 Å². The number of nitrogens with zero attached hydrogens (tertiary/aromatic N) is 1. The van der Waals surface area contributed by atoms with Crippen molar-refractivity contribution in [2.45, 2.75) is 45.0 Å². The molecule has 1 aliphatic heterocycles. The Hall–Kier alpha value is -0.940. The van der Waals surface area contributed by atoms with Gasteiger partial charge in [0.2, 0.25) is 0 Å². The highest BCUT2D eigenvalue weighted by Crippen LogP contribution is 2.23. The zero-order chi connectivity index (χ0) is 13.1. The van der Waals surface area contributed by atoms with E-state index in [1.54, 1.807) is 18.3 Å². The van der Waals surface area contributed by atoms with E-state index < -0.39 is 0 Å². The second kappa shape index (κ2) is 5.80. The molecule has 98 valence electrons. The summed E-state index contributed by atoms with van der Waals surface area (Å²) >= 11 is 3.25. The number of esters is 1. The molecule has 0 radical (unpaired) electrons. The van der Waals surface area contributed by atoms with Gasteiger partial charge in [-0.1, -0.05) is 0 Å². The summed E-state index contributed by atoms with van der Waals surface area (Å²) in [6, 6.07) is 3.42. The molecule has 0 N–H and O–H groups in total. The van der Waals surface area contributed by atoms with Gasteiger partial charge in [0.15, 0.2) is 0 Å². The monoisotopic (exact) mass is 313 g/mol. The largest absolute Gasteiger partial charge is 0.459 e. The Labute approximate surface area is 115 Å². The summed E-state index contributed by atoms with van der Waals surface area (Å²) in [4.78, 5) is 16.0. The van der Waals surface area contributed by atoms with E-state index in [-0.39, 0.29) is 24.3 Å². The number of ether oxygens (including phenoxy) is 2. The molecule has 18 heavy (non-hydrogen) atoms. The predicted octanol–water partition coefficient (Wildman–Crippen LogP) is 2.96. The first-order valence-electron chi connectivity index (χ1n) is 6.03. The van der Waals surface area contributed by atoms with E-state index in [9.17, 15) is 4.79 Å². The van der Waals surface area contributed by atoms with Crippen molar-refractivity contribution in [3.63, 3.8) is 0 Å². The van der Waals surface area contributed by atoms with Crippen LogP contribution in [-0.4, -0.2) is 29.3 Å². The van der Waals surface area contributed by atoms with Gasteiger partial charge in [-0.25, -0.2) is 9.78 Å². The highest BCUT2D eigenvalue weighted by atomic mass is 79.9. The number of hydrogen-bond acceptors (Lipinski definition) is 4. The topological polar surface area (TPSA) is 48.4 Å². The molecule has 0 aliphatic carbocycles. The number of hydrogen-bond donors (Lipinski definition) is 0. The smallest absolute Gasteiger partial charge is 0.341 e. The van der Waals surface area contributed by atoms with E-state index in [0.29, 0.717) is 10.2 Å². The minimum atomic E-state index is -0.332. The Morgan fingerprint density at radius 1 is 1.44 bits per heavy atom. The Morgan fingerprint density at radius 2 is 2.11 bits per heavy atom. The molecular formula is C13H16BrNO3. The molecule has 4 nitrogen and oxygen atoms in total. The van der Waals surface area contributed by atoms with Crippen LogP contribution in [0.15, 0.2) is 22.9 Å². The highest BCUT2D eigenvalue weighted by Gasteiger charge is 2.28. The van der Waals surface area contributed by atoms with Crippen molar-refractivity contribution in [3.8, 4) is 0 Å². The molecule has 1 aromatic rings. The quantitative estimate of drug-likeness (QED) is 0.622. The van der Waals surface area contributed by atoms with Gasteiger partial charge >= 0.3 is 5.97 Å². The zero-order valence-corrected chi connectivity index (χ0v) is 12.0. The van der Waals surface area contributed by atoms with E-state index in [1.807, 2.05) is 13.8 Å². The van der Waals surface area contributed by atoms with Crippen LogP contribution in [0.3, 0.4) is 0 Å². The number of aromatic nitrogens is 1. The Balaban J connectivity index is 2.01. The van der Waals surface area contributed by atoms with Gasteiger partial charge in [0.1, 0.15) is 10.7 Å². The van der Waals surface area contributed by atoms with Gasteiger partial charge in [0.05, 0.1) is 17.8 Å². The van der Waals surface area contributed by atoms with Gasteiger partial charge in [-0.3, -0.25) is 0 Å². The lowest BCUT2D eigenvalue weighted by Crippen LogP contribution is -2.35. The first kappa shape index (κ1) is 13.5. The van der Waals surface area contributed by atoms with Crippen LogP contribution in [0.25, 0.3) is 0 Å². The third kappa shape index (κ3) is 3.29. The van der Waals surface area contributed by atoms with E-state index >= 15 is 0 Å². The third-order valence-electron chi connectivity index (χ3n) is 2.91. The Kier molecular flexibility index (Phi) is 4.35. The van der Waals surface area contributed by atoms with Crippen molar-refractivity contribution in [2.75, 3.05) is 0 Å². The van der Waals surface area contributed by atoms with Crippen molar-refractivity contribution in [1.82, 2.24) is 4.98 Å². The lowest BCUT2D eigenvalue weighted by Gasteiger charge is -2.31. The molecule has 0 bridgehead atoms. The fourth-order valence-corrected chi connectivity index (χ4v) is 2.61. The lowest BCUT2D eigenvalue weighted by molar-refractivity contribution is -0.0855. The fourth-order valence-electron chi connectivity index (χ4n) is 2.19. The van der Waals surface area contributed by atoms with E-state index in [1.165, 1.54) is 0 Å². The number of pyridine rings is 1. The van der Waals surface area contributed by atoms with E-state index in [2.05, 4.69) is 20.9 Å². The van der Waals surface area contributed by atoms with Crippen molar-refractivity contribution in [3.05, 3.63) is 28.5 Å². The average molecular weight is 314 g/mol. The minimum absolute atomic E-state index is 0.0802. The second-order valence-electron chi connectivity index (χ2n) is 4.60. The SMILES string of the molecule is CC1CC(OC(=O)c2cccnc2Br)CC(C)O1. The average Bonchev–Trinajstić information content (AvgIpc) is 2.27. The first-order chi connectivity index (χ1) is 8.56. The van der Waals surface area contributed by atoms with Gasteiger partial charge in [0, 0.05) is 19.0 Å². The molecule has 0 spiro atoms. The molecule has 1 aromatic heterocycles. The minimum Gasteiger partial charge on any atom is -0.459 e. The maximum absolute atomic E-state index is 12.0.